The van der Waals surface area contributed by atoms with Crippen molar-refractivity contribution >= 4 is 29.2 Å². The Balaban J connectivity index is 1.29. The lowest BCUT2D eigenvalue weighted by atomic mass is 9.27. The van der Waals surface area contributed by atoms with E-state index in [0.29, 0.717) is 30.7 Å². The molecule has 0 bridgehead atoms. The van der Waals surface area contributed by atoms with Crippen LogP contribution in [0.1, 0.15) is 144 Å². The lowest BCUT2D eigenvalue weighted by Gasteiger charge is -2.78. The maximum Gasteiger partial charge on any atom is 0.309 e. The van der Waals surface area contributed by atoms with Crippen molar-refractivity contribution < 1.29 is 24.2 Å². The second kappa shape index (κ2) is 12.4. The molecule has 5 fully saturated rings. The van der Waals surface area contributed by atoms with Crippen molar-refractivity contribution in [2.75, 3.05) is 0 Å². The topological polar surface area (TPSA) is 144 Å². The molecule has 0 unspecified atom stereocenters. The highest BCUT2D eigenvalue weighted by Crippen LogP contribution is 2.81. The monoisotopic (exact) mass is 724 g/mol. The van der Waals surface area contributed by atoms with Crippen LogP contribution in [0.3, 0.4) is 0 Å². The molecule has 0 radical (unpaired) electrons. The quantitative estimate of drug-likeness (QED) is 0.171. The molecule has 5 aliphatic rings. The second-order valence-corrected chi connectivity index (χ2v) is 20.8. The number of amides is 1. The third-order valence-corrected chi connectivity index (χ3v) is 17.9. The number of nitrogens with zero attached hydrogens (tertiary/aromatic N) is 2. The molecule has 9 nitrogen and oxygen atoms in total. The van der Waals surface area contributed by atoms with Gasteiger partial charge in [0.1, 0.15) is 16.6 Å². The van der Waals surface area contributed by atoms with Crippen LogP contribution in [-0.4, -0.2) is 44.8 Å². The molecule has 0 spiro atoms. The molecule has 10 atom stereocenters. The Kier molecular flexibility index (Phi) is 9.30. The Labute approximate surface area is 309 Å². The fraction of sp³-hybridized carbons (Fsp3) is 0.829. The van der Waals surface area contributed by atoms with Gasteiger partial charge in [0.25, 0.3) is 0 Å². The van der Waals surface area contributed by atoms with Crippen LogP contribution in [0.25, 0.3) is 0 Å². The number of hydrogen-bond donors (Lipinski definition) is 3. The first kappa shape index (κ1) is 38.4. The molecular formula is C41H64N4O5S. The maximum absolute atomic E-state index is 13.7. The molecule has 10 heteroatoms. The van der Waals surface area contributed by atoms with Gasteiger partial charge in [0.2, 0.25) is 5.91 Å². The summed E-state index contributed by atoms with van der Waals surface area (Å²) in [4.78, 5) is 38.6. The summed E-state index contributed by atoms with van der Waals surface area (Å²) in [6.45, 7) is 24.9. The van der Waals surface area contributed by atoms with Crippen LogP contribution in [0.4, 0.5) is 0 Å². The normalized spacial score (nSPS) is 42.8. The predicted octanol–water partition coefficient (Wildman–Crippen LogP) is 8.09. The fourth-order valence-corrected chi connectivity index (χ4v) is 14.3. The van der Waals surface area contributed by atoms with E-state index in [2.05, 4.69) is 70.6 Å². The molecular weight excluding hydrogens is 661 g/mol. The van der Waals surface area contributed by atoms with Gasteiger partial charge in [-0.3, -0.25) is 14.4 Å². The Bertz CT molecular complexity index is 1580. The number of fused-ring (bicyclic) bond motifs is 7. The first-order valence-electron chi connectivity index (χ1n) is 19.4. The van der Waals surface area contributed by atoms with Crippen LogP contribution in [-0.2, 0) is 25.7 Å². The molecule has 1 aromatic rings. The van der Waals surface area contributed by atoms with Gasteiger partial charge in [-0.25, -0.2) is 0 Å². The number of carbonyl (C=O) groups is 3. The van der Waals surface area contributed by atoms with E-state index in [4.69, 9.17) is 10.5 Å². The molecule has 1 aromatic heterocycles. The molecule has 0 saturated heterocycles. The van der Waals surface area contributed by atoms with Crippen molar-refractivity contribution in [1.82, 2.24) is 15.5 Å². The molecule has 5 saturated carbocycles. The van der Waals surface area contributed by atoms with E-state index in [1.165, 1.54) is 16.9 Å². The number of carboxylic acid groups (broad SMARTS) is 1. The average molecular weight is 725 g/mol. The second-order valence-electron chi connectivity index (χ2n) is 19.9. The highest BCUT2D eigenvalue weighted by Gasteiger charge is 2.77. The third-order valence-electron chi connectivity index (χ3n) is 17.2. The van der Waals surface area contributed by atoms with E-state index in [1.54, 1.807) is 19.4 Å². The van der Waals surface area contributed by atoms with Crippen LogP contribution in [0.2, 0.25) is 0 Å². The Hall–Kier alpha value is -2.33. The van der Waals surface area contributed by atoms with Gasteiger partial charge in [-0.1, -0.05) is 53.7 Å². The molecule has 0 aliphatic heterocycles. The van der Waals surface area contributed by atoms with Gasteiger partial charge in [-0.15, -0.1) is 21.5 Å². The number of aliphatic carboxylic acids is 1. The van der Waals surface area contributed by atoms with Crippen LogP contribution >= 0.6 is 11.3 Å². The summed E-state index contributed by atoms with van der Waals surface area (Å²) in [6, 6.07) is 0. The van der Waals surface area contributed by atoms with E-state index < -0.39 is 28.3 Å². The van der Waals surface area contributed by atoms with Crippen molar-refractivity contribution in [3.05, 3.63) is 22.7 Å². The molecule has 6 rings (SSSR count). The largest absolute Gasteiger partial charge is 0.481 e. The number of carbonyl (C=O) groups excluding carboxylic acids is 2. The van der Waals surface area contributed by atoms with Gasteiger partial charge >= 0.3 is 11.9 Å². The molecule has 0 aromatic carbocycles. The van der Waals surface area contributed by atoms with Gasteiger partial charge in [0.15, 0.2) is 0 Å². The number of rotatable bonds is 9. The maximum atomic E-state index is 13.7. The van der Waals surface area contributed by atoms with E-state index >= 15 is 0 Å². The van der Waals surface area contributed by atoms with E-state index in [-0.39, 0.29) is 45.5 Å². The number of nitrogens with two attached hydrogens (primary N) is 1. The molecule has 1 amide bonds. The molecule has 5 aliphatic carbocycles. The molecule has 4 N–H and O–H groups in total. The Morgan fingerprint density at radius 3 is 2.29 bits per heavy atom. The van der Waals surface area contributed by atoms with Crippen LogP contribution in [0, 0.1) is 55.7 Å². The van der Waals surface area contributed by atoms with Crippen molar-refractivity contribution in [1.29, 1.82) is 0 Å². The van der Waals surface area contributed by atoms with Gasteiger partial charge in [0, 0.05) is 17.4 Å². The average Bonchev–Trinajstić information content (AvgIpc) is 3.70. The minimum atomic E-state index is -1.19. The number of hydrogen-bond acceptors (Lipinski definition) is 8. The number of ether oxygens (including phenoxy) is 1. The Morgan fingerprint density at radius 1 is 0.980 bits per heavy atom. The van der Waals surface area contributed by atoms with Crippen molar-refractivity contribution in [2.45, 2.75) is 158 Å². The zero-order valence-corrected chi connectivity index (χ0v) is 33.6. The SMILES string of the molecule is C=C(C)[C@@H]1CC[C@]2(CC(=O)NCc3nncs3)CC[C@]3(C)[C@](C)(CC[C@H]4[C@@]3(C)CC[C@@]3(N)C(C)(C)[C@@H](OC(=O)CC(C)(C)C(=O)O)CC[C@]43C)[C@@H]12. The number of esters is 1. The number of nitrogens with one attached hydrogen (secondary N) is 1. The highest BCUT2D eigenvalue weighted by molar-refractivity contribution is 7.09. The van der Waals surface area contributed by atoms with E-state index in [1.807, 2.05) is 0 Å². The van der Waals surface area contributed by atoms with Crippen LogP contribution in [0.5, 0.6) is 0 Å². The zero-order valence-electron chi connectivity index (χ0n) is 32.7. The fourth-order valence-electron chi connectivity index (χ4n) is 13.8. The highest BCUT2D eigenvalue weighted by atomic mass is 32.1. The van der Waals surface area contributed by atoms with E-state index in [9.17, 15) is 19.5 Å². The van der Waals surface area contributed by atoms with Crippen molar-refractivity contribution in [2.24, 2.45) is 61.4 Å². The summed E-state index contributed by atoms with van der Waals surface area (Å²) in [5.74, 6) is -0.170. The molecule has 284 valence electrons. The van der Waals surface area contributed by atoms with Crippen molar-refractivity contribution in [3.63, 3.8) is 0 Å². The standard InChI is InChI=1S/C41H64N4O5S/c1-25(2)26-11-16-40(21-29(46)43-23-30-45-44-24-51-30)19-18-39(10)36(7)17-20-41(42)35(5,6)28(50-31(47)22-34(3,4)33(48)49)13-15-37(41,8)27(36)12-14-38(39,9)32(26)40/h24,26-28,32H,1,11-23,42H2,2-10H3,(H,43,46)(H,48,49)/t26-,27-,28-,32+,36+,37+,38+,39-,40+,41+/m0/s1. The van der Waals surface area contributed by atoms with Crippen LogP contribution < -0.4 is 11.1 Å². The lowest BCUT2D eigenvalue weighted by molar-refractivity contribution is -0.283. The Morgan fingerprint density at radius 2 is 1.67 bits per heavy atom. The van der Waals surface area contributed by atoms with Crippen molar-refractivity contribution in [3.8, 4) is 0 Å². The minimum Gasteiger partial charge on any atom is -0.481 e. The zero-order chi connectivity index (χ0) is 37.6. The summed E-state index contributed by atoms with van der Waals surface area (Å²) in [5.41, 5.74) is 8.37. The summed E-state index contributed by atoms with van der Waals surface area (Å²) in [6.07, 6.45) is 9.94. The van der Waals surface area contributed by atoms with Gasteiger partial charge < -0.3 is 20.9 Å². The molecule has 51 heavy (non-hydrogen) atoms. The lowest BCUT2D eigenvalue weighted by Crippen LogP contribution is -2.78. The van der Waals surface area contributed by atoms with Gasteiger partial charge in [-0.05, 0) is 130 Å². The first-order chi connectivity index (χ1) is 23.5. The molecule has 1 heterocycles. The number of allylic oxidation sites excluding steroid dienone is 1. The number of aromatic nitrogens is 2. The number of carboxylic acids is 1. The summed E-state index contributed by atoms with van der Waals surface area (Å²) in [5, 5.41) is 21.7. The third kappa shape index (κ3) is 5.40. The van der Waals surface area contributed by atoms with Gasteiger partial charge in [-0.2, -0.15) is 0 Å². The summed E-state index contributed by atoms with van der Waals surface area (Å²) in [7, 11) is 0. The van der Waals surface area contributed by atoms with Gasteiger partial charge in [0.05, 0.1) is 18.4 Å². The van der Waals surface area contributed by atoms with E-state index in [0.717, 1.165) is 69.2 Å². The first-order valence-corrected chi connectivity index (χ1v) is 20.3. The smallest absolute Gasteiger partial charge is 0.309 e. The summed E-state index contributed by atoms with van der Waals surface area (Å²) >= 11 is 1.47. The predicted molar refractivity (Wildman–Crippen MR) is 199 cm³/mol. The van der Waals surface area contributed by atoms with Crippen LogP contribution in [0.15, 0.2) is 17.7 Å². The summed E-state index contributed by atoms with van der Waals surface area (Å²) < 4.78 is 6.17. The minimum absolute atomic E-state index is 0.0281.